The number of nitrogens with zero attached hydrogens (tertiary/aromatic N) is 1. The molecule has 100 valence electrons. The Balaban J connectivity index is 2.26. The molecule has 2 nitrogen and oxygen atoms in total. The first kappa shape index (κ1) is 13.9. The lowest BCUT2D eigenvalue weighted by molar-refractivity contribution is 0.464. The first-order valence-corrected chi connectivity index (χ1v) is 7.19. The quantitative estimate of drug-likeness (QED) is 0.897. The third kappa shape index (κ3) is 3.29. The number of para-hydroxylation sites is 1. The standard InChI is InChI=1S/C16H18BrNO/c1-3-18(14-8-4-6-12(2)10-14)11-13-7-5-9-15(17)16(13)19/h4-10,19H,3,11H2,1-2H3. The molecule has 0 amide bonds. The van der Waals surface area contributed by atoms with Gasteiger partial charge in [-0.2, -0.15) is 0 Å². The minimum absolute atomic E-state index is 0.327. The number of hydrogen-bond acceptors (Lipinski definition) is 2. The molecule has 0 aliphatic heterocycles. The van der Waals surface area contributed by atoms with E-state index in [2.05, 4.69) is 58.9 Å². The maximum Gasteiger partial charge on any atom is 0.134 e. The Morgan fingerprint density at radius 3 is 2.58 bits per heavy atom. The lowest BCUT2D eigenvalue weighted by atomic mass is 10.1. The lowest BCUT2D eigenvalue weighted by Gasteiger charge is -2.24. The van der Waals surface area contributed by atoms with Gasteiger partial charge in [0.05, 0.1) is 4.47 Å². The van der Waals surface area contributed by atoms with Crippen LogP contribution in [0.5, 0.6) is 5.75 Å². The second-order valence-corrected chi connectivity index (χ2v) is 5.46. The second-order valence-electron chi connectivity index (χ2n) is 4.60. The van der Waals surface area contributed by atoms with Gasteiger partial charge in [0.2, 0.25) is 0 Å². The van der Waals surface area contributed by atoms with Crippen LogP contribution in [0.25, 0.3) is 0 Å². The van der Waals surface area contributed by atoms with Gasteiger partial charge in [-0.05, 0) is 53.5 Å². The first-order valence-electron chi connectivity index (χ1n) is 6.39. The zero-order valence-electron chi connectivity index (χ0n) is 11.2. The van der Waals surface area contributed by atoms with Gasteiger partial charge in [0.25, 0.3) is 0 Å². The molecule has 0 aromatic heterocycles. The van der Waals surface area contributed by atoms with Gasteiger partial charge >= 0.3 is 0 Å². The van der Waals surface area contributed by atoms with E-state index in [1.165, 1.54) is 11.3 Å². The largest absolute Gasteiger partial charge is 0.506 e. The van der Waals surface area contributed by atoms with Crippen LogP contribution in [0.1, 0.15) is 18.1 Å². The smallest absolute Gasteiger partial charge is 0.134 e. The van der Waals surface area contributed by atoms with Crippen molar-refractivity contribution in [3.05, 3.63) is 58.1 Å². The average Bonchev–Trinajstić information content (AvgIpc) is 2.40. The highest BCUT2D eigenvalue weighted by molar-refractivity contribution is 9.10. The van der Waals surface area contributed by atoms with Crippen LogP contribution in [0.3, 0.4) is 0 Å². The van der Waals surface area contributed by atoms with Crippen molar-refractivity contribution in [2.24, 2.45) is 0 Å². The Labute approximate surface area is 122 Å². The monoisotopic (exact) mass is 319 g/mol. The Morgan fingerprint density at radius 2 is 1.89 bits per heavy atom. The second kappa shape index (κ2) is 6.11. The molecule has 0 unspecified atom stereocenters. The molecule has 3 heteroatoms. The van der Waals surface area contributed by atoms with Gasteiger partial charge in [0.15, 0.2) is 0 Å². The normalized spacial score (nSPS) is 10.5. The summed E-state index contributed by atoms with van der Waals surface area (Å²) < 4.78 is 0.741. The minimum atomic E-state index is 0.327. The van der Waals surface area contributed by atoms with E-state index >= 15 is 0 Å². The van der Waals surface area contributed by atoms with Crippen LogP contribution in [0.2, 0.25) is 0 Å². The summed E-state index contributed by atoms with van der Waals surface area (Å²) in [4.78, 5) is 2.24. The van der Waals surface area contributed by atoms with E-state index in [4.69, 9.17) is 0 Å². The zero-order chi connectivity index (χ0) is 13.8. The zero-order valence-corrected chi connectivity index (χ0v) is 12.8. The van der Waals surface area contributed by atoms with Crippen LogP contribution in [0.4, 0.5) is 5.69 Å². The molecule has 0 fully saturated rings. The van der Waals surface area contributed by atoms with Gasteiger partial charge in [-0.3, -0.25) is 0 Å². The van der Waals surface area contributed by atoms with Gasteiger partial charge in [-0.1, -0.05) is 24.3 Å². The summed E-state index contributed by atoms with van der Waals surface area (Å²) in [6.45, 7) is 5.81. The Bertz CT molecular complexity index is 568. The summed E-state index contributed by atoms with van der Waals surface area (Å²) in [6, 6.07) is 14.2. The van der Waals surface area contributed by atoms with Crippen molar-refractivity contribution in [2.75, 3.05) is 11.4 Å². The highest BCUT2D eigenvalue weighted by Gasteiger charge is 2.10. The summed E-state index contributed by atoms with van der Waals surface area (Å²) in [5, 5.41) is 10.1. The summed E-state index contributed by atoms with van der Waals surface area (Å²) in [5.41, 5.74) is 3.36. The summed E-state index contributed by atoms with van der Waals surface area (Å²) in [6.07, 6.45) is 0. The predicted molar refractivity (Wildman–Crippen MR) is 83.7 cm³/mol. The summed E-state index contributed by atoms with van der Waals surface area (Å²) in [5.74, 6) is 0.327. The van der Waals surface area contributed by atoms with Crippen LogP contribution < -0.4 is 4.90 Å². The van der Waals surface area contributed by atoms with Crippen molar-refractivity contribution in [3.63, 3.8) is 0 Å². The lowest BCUT2D eigenvalue weighted by Crippen LogP contribution is -2.22. The number of phenolic OH excluding ortho intramolecular Hbond substituents is 1. The molecule has 0 aliphatic carbocycles. The number of aromatic hydroxyl groups is 1. The Morgan fingerprint density at radius 1 is 1.16 bits per heavy atom. The number of aryl methyl sites for hydroxylation is 1. The summed E-state index contributed by atoms with van der Waals surface area (Å²) >= 11 is 3.36. The van der Waals surface area contributed by atoms with Crippen molar-refractivity contribution in [3.8, 4) is 5.75 Å². The van der Waals surface area contributed by atoms with E-state index in [0.29, 0.717) is 12.3 Å². The predicted octanol–water partition coefficient (Wildman–Crippen LogP) is 4.49. The molecule has 0 saturated heterocycles. The molecule has 0 bridgehead atoms. The molecule has 1 N–H and O–H groups in total. The molecule has 0 spiro atoms. The van der Waals surface area contributed by atoms with E-state index < -0.39 is 0 Å². The molecular formula is C16H18BrNO. The Hall–Kier alpha value is -1.48. The third-order valence-corrected chi connectivity index (χ3v) is 3.82. The van der Waals surface area contributed by atoms with Gasteiger partial charge in [-0.25, -0.2) is 0 Å². The number of phenols is 1. The van der Waals surface area contributed by atoms with Crippen molar-refractivity contribution < 1.29 is 5.11 Å². The van der Waals surface area contributed by atoms with E-state index in [1.807, 2.05) is 18.2 Å². The number of hydrogen-bond donors (Lipinski definition) is 1. The number of benzene rings is 2. The number of rotatable bonds is 4. The fourth-order valence-corrected chi connectivity index (χ4v) is 2.51. The van der Waals surface area contributed by atoms with E-state index in [9.17, 15) is 5.11 Å². The average molecular weight is 320 g/mol. The first-order chi connectivity index (χ1) is 9.11. The highest BCUT2D eigenvalue weighted by Crippen LogP contribution is 2.29. The molecule has 0 radical (unpaired) electrons. The number of anilines is 1. The van der Waals surface area contributed by atoms with E-state index in [1.54, 1.807) is 0 Å². The fourth-order valence-electron chi connectivity index (χ4n) is 2.10. The molecule has 2 aromatic rings. The molecule has 0 saturated carbocycles. The topological polar surface area (TPSA) is 23.5 Å². The Kier molecular flexibility index (Phi) is 4.48. The summed E-state index contributed by atoms with van der Waals surface area (Å²) in [7, 11) is 0. The SMILES string of the molecule is CCN(Cc1cccc(Br)c1O)c1cccc(C)c1. The van der Waals surface area contributed by atoms with E-state index in [-0.39, 0.29) is 0 Å². The van der Waals surface area contributed by atoms with E-state index in [0.717, 1.165) is 16.6 Å². The van der Waals surface area contributed by atoms with Gasteiger partial charge in [0, 0.05) is 24.3 Å². The minimum Gasteiger partial charge on any atom is -0.506 e. The van der Waals surface area contributed by atoms with Crippen molar-refractivity contribution in [2.45, 2.75) is 20.4 Å². The molecule has 2 aromatic carbocycles. The third-order valence-electron chi connectivity index (χ3n) is 3.18. The van der Waals surface area contributed by atoms with Gasteiger partial charge in [-0.15, -0.1) is 0 Å². The molecule has 19 heavy (non-hydrogen) atoms. The maximum atomic E-state index is 10.1. The van der Waals surface area contributed by atoms with Gasteiger partial charge in [0.1, 0.15) is 5.75 Å². The number of halogens is 1. The van der Waals surface area contributed by atoms with Crippen LogP contribution in [0, 0.1) is 6.92 Å². The molecule has 0 aliphatic rings. The molecular weight excluding hydrogens is 302 g/mol. The maximum absolute atomic E-state index is 10.1. The molecule has 0 heterocycles. The van der Waals surface area contributed by atoms with Crippen molar-refractivity contribution >= 4 is 21.6 Å². The van der Waals surface area contributed by atoms with Crippen molar-refractivity contribution in [1.82, 2.24) is 0 Å². The van der Waals surface area contributed by atoms with Gasteiger partial charge < -0.3 is 10.0 Å². The van der Waals surface area contributed by atoms with Crippen molar-refractivity contribution in [1.29, 1.82) is 0 Å². The molecule has 2 rings (SSSR count). The van der Waals surface area contributed by atoms with Crippen LogP contribution >= 0.6 is 15.9 Å². The molecule has 0 atom stereocenters. The van der Waals surface area contributed by atoms with Crippen LogP contribution in [-0.2, 0) is 6.54 Å². The van der Waals surface area contributed by atoms with Crippen LogP contribution in [0.15, 0.2) is 46.9 Å². The highest BCUT2D eigenvalue weighted by atomic mass is 79.9. The van der Waals surface area contributed by atoms with Crippen LogP contribution in [-0.4, -0.2) is 11.7 Å². The fraction of sp³-hybridized carbons (Fsp3) is 0.250.